The van der Waals surface area contributed by atoms with Crippen molar-refractivity contribution < 1.29 is 9.18 Å². The summed E-state index contributed by atoms with van der Waals surface area (Å²) in [4.78, 5) is 24.6. The Labute approximate surface area is 150 Å². The minimum absolute atomic E-state index is 0.373. The second-order valence-electron chi connectivity index (χ2n) is 6.04. The predicted octanol–water partition coefficient (Wildman–Crippen LogP) is 3.56. The van der Waals surface area contributed by atoms with Gasteiger partial charge in [-0.05, 0) is 44.2 Å². The molecule has 132 valence electrons. The number of hydrogen-bond donors (Lipinski definition) is 1. The first-order valence-electron chi connectivity index (χ1n) is 8.17. The summed E-state index contributed by atoms with van der Waals surface area (Å²) in [6.45, 7) is 3.58. The molecule has 0 bridgehead atoms. The minimum atomic E-state index is -0.821. The van der Waals surface area contributed by atoms with Crippen molar-refractivity contribution in [2.75, 3.05) is 5.32 Å². The molecule has 0 aliphatic heterocycles. The van der Waals surface area contributed by atoms with Gasteiger partial charge in [0.1, 0.15) is 11.9 Å². The Balaban J connectivity index is 1.86. The standard InChI is InChI=1S/C20H18FN3O2/c1-13-3-5-15(6-4-13)18-11-12-19(25)24(23-18)14(2)20(26)22-17-9-7-16(21)8-10-17/h3-12,14H,1-2H3,(H,22,26)/t14-/m1/s1. The number of aryl methyl sites for hydroxylation is 1. The van der Waals surface area contributed by atoms with E-state index in [0.717, 1.165) is 15.8 Å². The van der Waals surface area contributed by atoms with E-state index in [1.807, 2.05) is 31.2 Å². The van der Waals surface area contributed by atoms with Crippen molar-refractivity contribution >= 4 is 11.6 Å². The summed E-state index contributed by atoms with van der Waals surface area (Å²) in [7, 11) is 0. The third-order valence-electron chi connectivity index (χ3n) is 4.03. The van der Waals surface area contributed by atoms with E-state index >= 15 is 0 Å². The van der Waals surface area contributed by atoms with Crippen LogP contribution in [-0.4, -0.2) is 15.7 Å². The molecule has 0 saturated heterocycles. The molecule has 1 amide bonds. The normalized spacial score (nSPS) is 11.8. The van der Waals surface area contributed by atoms with Crippen molar-refractivity contribution in [2.24, 2.45) is 0 Å². The largest absolute Gasteiger partial charge is 0.324 e. The molecule has 0 fully saturated rings. The summed E-state index contributed by atoms with van der Waals surface area (Å²) < 4.78 is 14.1. The highest BCUT2D eigenvalue weighted by Gasteiger charge is 2.18. The van der Waals surface area contributed by atoms with Gasteiger partial charge in [-0.2, -0.15) is 5.10 Å². The topological polar surface area (TPSA) is 64.0 Å². The molecule has 0 spiro atoms. The molecule has 0 aliphatic rings. The molecule has 0 unspecified atom stereocenters. The minimum Gasteiger partial charge on any atom is -0.324 e. The molecule has 0 aliphatic carbocycles. The monoisotopic (exact) mass is 351 g/mol. The number of benzene rings is 2. The van der Waals surface area contributed by atoms with Crippen molar-refractivity contribution in [3.63, 3.8) is 0 Å². The molecule has 2 aromatic carbocycles. The first-order chi connectivity index (χ1) is 12.4. The fraction of sp³-hybridized carbons (Fsp3) is 0.150. The van der Waals surface area contributed by atoms with Gasteiger partial charge >= 0.3 is 0 Å². The molecule has 3 aromatic rings. The molecule has 5 nitrogen and oxygen atoms in total. The van der Waals surface area contributed by atoms with E-state index in [4.69, 9.17) is 0 Å². The lowest BCUT2D eigenvalue weighted by molar-refractivity contribution is -0.119. The van der Waals surface area contributed by atoms with Gasteiger partial charge in [0.25, 0.3) is 5.56 Å². The Hall–Kier alpha value is -3.28. The van der Waals surface area contributed by atoms with Crippen LogP contribution in [0, 0.1) is 12.7 Å². The number of nitrogens with one attached hydrogen (secondary N) is 1. The number of hydrogen-bond acceptors (Lipinski definition) is 3. The quantitative estimate of drug-likeness (QED) is 0.782. The van der Waals surface area contributed by atoms with Crippen LogP contribution in [0.25, 0.3) is 11.3 Å². The smallest absolute Gasteiger partial charge is 0.267 e. The summed E-state index contributed by atoms with van der Waals surface area (Å²) in [6.07, 6.45) is 0. The first-order valence-corrected chi connectivity index (χ1v) is 8.17. The number of aromatic nitrogens is 2. The van der Waals surface area contributed by atoms with Crippen LogP contribution in [0.1, 0.15) is 18.5 Å². The summed E-state index contributed by atoms with van der Waals surface area (Å²) in [6, 6.07) is 15.4. The van der Waals surface area contributed by atoms with E-state index in [2.05, 4.69) is 10.4 Å². The summed E-state index contributed by atoms with van der Waals surface area (Å²) in [5, 5.41) is 6.99. The Morgan fingerprint density at radius 1 is 1.04 bits per heavy atom. The van der Waals surface area contributed by atoms with E-state index in [-0.39, 0.29) is 11.4 Å². The number of rotatable bonds is 4. The second kappa shape index (κ2) is 7.31. The van der Waals surface area contributed by atoms with Crippen molar-refractivity contribution in [2.45, 2.75) is 19.9 Å². The zero-order valence-electron chi connectivity index (χ0n) is 14.4. The van der Waals surface area contributed by atoms with Gasteiger partial charge in [0.05, 0.1) is 5.69 Å². The maximum absolute atomic E-state index is 13.0. The SMILES string of the molecule is Cc1ccc(-c2ccc(=O)n([C@H](C)C(=O)Nc3ccc(F)cc3)n2)cc1. The average molecular weight is 351 g/mol. The van der Waals surface area contributed by atoms with Crippen LogP contribution in [0.2, 0.25) is 0 Å². The Morgan fingerprint density at radius 3 is 2.35 bits per heavy atom. The van der Waals surface area contributed by atoms with Gasteiger partial charge in [-0.3, -0.25) is 9.59 Å². The number of amides is 1. The van der Waals surface area contributed by atoms with Crippen LogP contribution >= 0.6 is 0 Å². The fourth-order valence-electron chi connectivity index (χ4n) is 2.47. The highest BCUT2D eigenvalue weighted by atomic mass is 19.1. The zero-order valence-corrected chi connectivity index (χ0v) is 14.4. The van der Waals surface area contributed by atoms with Gasteiger partial charge in [0.15, 0.2) is 0 Å². The Kier molecular flexibility index (Phi) is 4.93. The molecule has 1 aromatic heterocycles. The number of carbonyl (C=O) groups excluding carboxylic acids is 1. The van der Waals surface area contributed by atoms with Gasteiger partial charge < -0.3 is 5.32 Å². The van der Waals surface area contributed by atoms with Crippen LogP contribution in [0.5, 0.6) is 0 Å². The van der Waals surface area contributed by atoms with Gasteiger partial charge in [-0.15, -0.1) is 0 Å². The van der Waals surface area contributed by atoms with Crippen LogP contribution in [0.4, 0.5) is 10.1 Å². The van der Waals surface area contributed by atoms with Gasteiger partial charge in [-0.1, -0.05) is 29.8 Å². The third-order valence-corrected chi connectivity index (χ3v) is 4.03. The zero-order chi connectivity index (χ0) is 18.7. The lowest BCUT2D eigenvalue weighted by Crippen LogP contribution is -2.33. The molecule has 1 atom stereocenters. The average Bonchev–Trinajstić information content (AvgIpc) is 2.64. The van der Waals surface area contributed by atoms with E-state index in [1.54, 1.807) is 13.0 Å². The fourth-order valence-corrected chi connectivity index (χ4v) is 2.47. The maximum atomic E-state index is 13.0. The van der Waals surface area contributed by atoms with E-state index in [9.17, 15) is 14.0 Å². The van der Waals surface area contributed by atoms with E-state index in [0.29, 0.717) is 11.4 Å². The number of anilines is 1. The third kappa shape index (κ3) is 3.85. The van der Waals surface area contributed by atoms with Crippen molar-refractivity contribution in [3.8, 4) is 11.3 Å². The molecule has 1 heterocycles. The van der Waals surface area contributed by atoms with Crippen molar-refractivity contribution in [3.05, 3.63) is 82.4 Å². The molecule has 0 radical (unpaired) electrons. The van der Waals surface area contributed by atoms with Crippen molar-refractivity contribution in [1.29, 1.82) is 0 Å². The van der Waals surface area contributed by atoms with Gasteiger partial charge in [-0.25, -0.2) is 9.07 Å². The lowest BCUT2D eigenvalue weighted by atomic mass is 10.1. The molecular formula is C20H18FN3O2. The molecular weight excluding hydrogens is 333 g/mol. The summed E-state index contributed by atoms with van der Waals surface area (Å²) in [5.41, 5.74) is 2.66. The van der Waals surface area contributed by atoms with Gasteiger partial charge in [0.2, 0.25) is 5.91 Å². The van der Waals surface area contributed by atoms with Crippen LogP contribution in [0.3, 0.4) is 0 Å². The second-order valence-corrected chi connectivity index (χ2v) is 6.04. The highest BCUT2D eigenvalue weighted by molar-refractivity contribution is 5.93. The molecule has 1 N–H and O–H groups in total. The molecule has 6 heteroatoms. The van der Waals surface area contributed by atoms with Crippen molar-refractivity contribution in [1.82, 2.24) is 9.78 Å². The van der Waals surface area contributed by atoms with Gasteiger partial charge in [0, 0.05) is 17.3 Å². The van der Waals surface area contributed by atoms with Crippen LogP contribution in [0.15, 0.2) is 65.5 Å². The van der Waals surface area contributed by atoms with Crippen LogP contribution < -0.4 is 10.9 Å². The van der Waals surface area contributed by atoms with E-state index < -0.39 is 11.9 Å². The summed E-state index contributed by atoms with van der Waals surface area (Å²) in [5.74, 6) is -0.799. The lowest BCUT2D eigenvalue weighted by Gasteiger charge is -2.15. The maximum Gasteiger partial charge on any atom is 0.267 e. The Morgan fingerprint density at radius 2 is 1.69 bits per heavy atom. The highest BCUT2D eigenvalue weighted by Crippen LogP contribution is 2.17. The first kappa shape index (κ1) is 17.5. The molecule has 3 rings (SSSR count). The summed E-state index contributed by atoms with van der Waals surface area (Å²) >= 11 is 0. The Bertz CT molecular complexity index is 979. The van der Waals surface area contributed by atoms with Crippen LogP contribution in [-0.2, 0) is 4.79 Å². The molecule has 26 heavy (non-hydrogen) atoms. The number of nitrogens with zero attached hydrogens (tertiary/aromatic N) is 2. The molecule has 0 saturated carbocycles. The van der Waals surface area contributed by atoms with E-state index in [1.165, 1.54) is 30.3 Å². The number of halogens is 1. The predicted molar refractivity (Wildman–Crippen MR) is 98.4 cm³/mol. The number of carbonyl (C=O) groups is 1.